The van der Waals surface area contributed by atoms with Crippen molar-refractivity contribution in [2.75, 3.05) is 20.3 Å². The van der Waals surface area contributed by atoms with Gasteiger partial charge in [-0.1, -0.05) is 0 Å². The van der Waals surface area contributed by atoms with E-state index in [1.165, 1.54) is 22.2 Å². The van der Waals surface area contributed by atoms with E-state index in [0.29, 0.717) is 23.2 Å². The second-order valence-corrected chi connectivity index (χ2v) is 7.66. The minimum Gasteiger partial charge on any atom is -0.497 e. The Bertz CT molecular complexity index is 971. The second-order valence-electron chi connectivity index (χ2n) is 6.61. The van der Waals surface area contributed by atoms with E-state index in [4.69, 9.17) is 9.47 Å². The maximum Gasteiger partial charge on any atom is 0.271 e. The van der Waals surface area contributed by atoms with Crippen molar-refractivity contribution in [2.45, 2.75) is 25.0 Å². The Morgan fingerprint density at radius 1 is 1.38 bits per heavy atom. The Hall–Kier alpha value is -2.22. The van der Waals surface area contributed by atoms with E-state index in [0.717, 1.165) is 22.6 Å². The molecule has 1 aliphatic heterocycles. The lowest BCUT2D eigenvalue weighted by atomic mass is 9.97. The summed E-state index contributed by atoms with van der Waals surface area (Å²) in [6, 6.07) is 9.63. The number of thiophene rings is 1. The number of benzene rings is 1. The highest BCUT2D eigenvalue weighted by Crippen LogP contribution is 2.32. The van der Waals surface area contributed by atoms with E-state index < -0.39 is 5.60 Å². The summed E-state index contributed by atoms with van der Waals surface area (Å²) in [5.41, 5.74) is 0.555. The van der Waals surface area contributed by atoms with E-state index in [-0.39, 0.29) is 18.7 Å². The summed E-state index contributed by atoms with van der Waals surface area (Å²) < 4.78 is 12.6. The Balaban J connectivity index is 1.68. The standard InChI is InChI=1S/C19H20N2O4S/c1-24-14-5-3-13(4-6-14)16-9-15-17(26-16)18(22)21(12-20-15)10-19(23)7-2-8-25-11-19/h3-6,9,12,23H,2,7-8,10-11H2,1H3. The number of nitrogens with zero attached hydrogens (tertiary/aromatic N) is 2. The molecule has 0 spiro atoms. The van der Waals surface area contributed by atoms with Crippen LogP contribution in [-0.4, -0.2) is 40.6 Å². The van der Waals surface area contributed by atoms with Crippen molar-refractivity contribution < 1.29 is 14.6 Å². The van der Waals surface area contributed by atoms with Gasteiger partial charge in [-0.15, -0.1) is 11.3 Å². The van der Waals surface area contributed by atoms with Crippen molar-refractivity contribution in [3.63, 3.8) is 0 Å². The van der Waals surface area contributed by atoms with Gasteiger partial charge in [0.15, 0.2) is 0 Å². The van der Waals surface area contributed by atoms with Crippen LogP contribution in [0.2, 0.25) is 0 Å². The SMILES string of the molecule is COc1ccc(-c2cc3ncn(CC4(O)CCCOC4)c(=O)c3s2)cc1. The minimum absolute atomic E-state index is 0.126. The Kier molecular flexibility index (Phi) is 4.52. The van der Waals surface area contributed by atoms with Gasteiger partial charge < -0.3 is 14.6 Å². The first-order valence-corrected chi connectivity index (χ1v) is 9.33. The number of fused-ring (bicyclic) bond motifs is 1. The molecule has 0 saturated carbocycles. The van der Waals surface area contributed by atoms with Crippen LogP contribution >= 0.6 is 11.3 Å². The van der Waals surface area contributed by atoms with Crippen LogP contribution in [0.4, 0.5) is 0 Å². The lowest BCUT2D eigenvalue weighted by Crippen LogP contribution is -2.44. The van der Waals surface area contributed by atoms with E-state index in [2.05, 4.69) is 4.98 Å². The quantitative estimate of drug-likeness (QED) is 0.762. The number of hydrogen-bond acceptors (Lipinski definition) is 6. The molecular weight excluding hydrogens is 352 g/mol. The average Bonchev–Trinajstić information content (AvgIpc) is 3.10. The van der Waals surface area contributed by atoms with Gasteiger partial charge in [0.2, 0.25) is 0 Å². The van der Waals surface area contributed by atoms with E-state index >= 15 is 0 Å². The van der Waals surface area contributed by atoms with E-state index in [9.17, 15) is 9.90 Å². The Morgan fingerprint density at radius 3 is 2.88 bits per heavy atom. The Labute approximate surface area is 154 Å². The third-order valence-electron chi connectivity index (χ3n) is 4.64. The van der Waals surface area contributed by atoms with Crippen molar-refractivity contribution in [2.24, 2.45) is 0 Å². The maximum atomic E-state index is 12.9. The lowest BCUT2D eigenvalue weighted by molar-refractivity contribution is -0.0947. The third-order valence-corrected chi connectivity index (χ3v) is 5.81. The topological polar surface area (TPSA) is 73.6 Å². The van der Waals surface area contributed by atoms with Crippen molar-refractivity contribution >= 4 is 21.6 Å². The normalized spacial score (nSPS) is 20.4. The molecule has 136 valence electrons. The molecule has 0 radical (unpaired) electrons. The van der Waals surface area contributed by atoms with Crippen LogP contribution in [0.15, 0.2) is 41.5 Å². The van der Waals surface area contributed by atoms with Crippen LogP contribution in [0.5, 0.6) is 5.75 Å². The van der Waals surface area contributed by atoms with Crippen LogP contribution < -0.4 is 10.3 Å². The van der Waals surface area contributed by atoms with Gasteiger partial charge in [0.05, 0.1) is 32.1 Å². The fourth-order valence-corrected chi connectivity index (χ4v) is 4.30. The van der Waals surface area contributed by atoms with Gasteiger partial charge in [0.25, 0.3) is 5.56 Å². The summed E-state index contributed by atoms with van der Waals surface area (Å²) in [7, 11) is 1.63. The summed E-state index contributed by atoms with van der Waals surface area (Å²) in [6.07, 6.45) is 2.93. The first-order chi connectivity index (χ1) is 12.6. The number of aromatic nitrogens is 2. The predicted molar refractivity (Wildman–Crippen MR) is 101 cm³/mol. The van der Waals surface area contributed by atoms with E-state index in [1.54, 1.807) is 7.11 Å². The lowest BCUT2D eigenvalue weighted by Gasteiger charge is -2.32. The molecule has 1 saturated heterocycles. The Morgan fingerprint density at radius 2 is 2.19 bits per heavy atom. The fraction of sp³-hybridized carbons (Fsp3) is 0.368. The first kappa shape index (κ1) is 17.2. The maximum absolute atomic E-state index is 12.9. The van der Waals surface area contributed by atoms with Crippen molar-refractivity contribution in [1.82, 2.24) is 9.55 Å². The summed E-state index contributed by atoms with van der Waals surface area (Å²) in [5, 5.41) is 10.6. The highest BCUT2D eigenvalue weighted by atomic mass is 32.1. The van der Waals surface area contributed by atoms with Gasteiger partial charge in [-0.3, -0.25) is 9.36 Å². The molecule has 0 aliphatic carbocycles. The second kappa shape index (κ2) is 6.83. The van der Waals surface area contributed by atoms with Crippen molar-refractivity contribution in [3.8, 4) is 16.2 Å². The molecule has 4 rings (SSSR count). The van der Waals surface area contributed by atoms with Crippen LogP contribution in [0.25, 0.3) is 20.7 Å². The number of hydrogen-bond donors (Lipinski definition) is 1. The van der Waals surface area contributed by atoms with Crippen LogP contribution in [-0.2, 0) is 11.3 Å². The molecule has 1 fully saturated rings. The molecule has 1 unspecified atom stereocenters. The van der Waals surface area contributed by atoms with Gasteiger partial charge in [-0.2, -0.15) is 0 Å². The van der Waals surface area contributed by atoms with Crippen molar-refractivity contribution in [3.05, 3.63) is 47.0 Å². The number of methoxy groups -OCH3 is 1. The van der Waals surface area contributed by atoms with Crippen LogP contribution in [0, 0.1) is 0 Å². The molecule has 3 heterocycles. The monoisotopic (exact) mass is 372 g/mol. The highest BCUT2D eigenvalue weighted by Gasteiger charge is 2.31. The van der Waals surface area contributed by atoms with Crippen LogP contribution in [0.3, 0.4) is 0 Å². The first-order valence-electron chi connectivity index (χ1n) is 8.51. The minimum atomic E-state index is -1.01. The number of aliphatic hydroxyl groups is 1. The van der Waals surface area contributed by atoms with Gasteiger partial charge in [-0.05, 0) is 48.7 Å². The van der Waals surface area contributed by atoms with Gasteiger partial charge in [0.1, 0.15) is 16.1 Å². The number of rotatable bonds is 4. The molecule has 0 amide bonds. The van der Waals surface area contributed by atoms with Crippen LogP contribution in [0.1, 0.15) is 12.8 Å². The predicted octanol–water partition coefficient (Wildman–Crippen LogP) is 2.68. The van der Waals surface area contributed by atoms with Crippen molar-refractivity contribution in [1.29, 1.82) is 0 Å². The van der Waals surface area contributed by atoms with E-state index in [1.807, 2.05) is 30.3 Å². The zero-order chi connectivity index (χ0) is 18.1. The molecule has 1 atom stereocenters. The molecule has 2 aromatic heterocycles. The molecule has 26 heavy (non-hydrogen) atoms. The molecule has 3 aromatic rings. The average molecular weight is 372 g/mol. The molecule has 6 nitrogen and oxygen atoms in total. The highest BCUT2D eigenvalue weighted by molar-refractivity contribution is 7.22. The zero-order valence-corrected chi connectivity index (χ0v) is 15.3. The molecular formula is C19H20N2O4S. The zero-order valence-electron chi connectivity index (χ0n) is 14.5. The third kappa shape index (κ3) is 3.25. The fourth-order valence-electron chi connectivity index (χ4n) is 3.23. The summed E-state index contributed by atoms with van der Waals surface area (Å²) in [4.78, 5) is 18.2. The van der Waals surface area contributed by atoms with Gasteiger partial charge in [-0.25, -0.2) is 4.98 Å². The van der Waals surface area contributed by atoms with Gasteiger partial charge >= 0.3 is 0 Å². The number of ether oxygens (including phenoxy) is 2. The van der Waals surface area contributed by atoms with Gasteiger partial charge in [0, 0.05) is 11.5 Å². The largest absolute Gasteiger partial charge is 0.497 e. The molecule has 1 N–H and O–H groups in total. The summed E-state index contributed by atoms with van der Waals surface area (Å²) in [6.45, 7) is 1.11. The molecule has 0 bridgehead atoms. The molecule has 7 heteroatoms. The molecule has 1 aromatic carbocycles. The smallest absolute Gasteiger partial charge is 0.271 e. The summed E-state index contributed by atoms with van der Waals surface area (Å²) >= 11 is 1.42. The summed E-state index contributed by atoms with van der Waals surface area (Å²) in [5.74, 6) is 0.790. The molecule has 1 aliphatic rings.